The molecule has 3 rings (SSSR count). The van der Waals surface area contributed by atoms with Gasteiger partial charge in [0, 0.05) is 23.9 Å². The zero-order chi connectivity index (χ0) is 24.8. The molecule has 2 N–H and O–H groups in total. The van der Waals surface area contributed by atoms with Gasteiger partial charge in [-0.1, -0.05) is 6.07 Å². The second-order valence-electron chi connectivity index (χ2n) is 7.79. The number of carbonyl (C=O) groups is 1. The lowest BCUT2D eigenvalue weighted by atomic mass is 10.2. The number of hydrogen-bond donors (Lipinski definition) is 2. The van der Waals surface area contributed by atoms with Gasteiger partial charge in [-0.3, -0.25) is 14.8 Å². The molecule has 3 aromatic rings. The third kappa shape index (κ3) is 5.48. The molecule has 1 amide bonds. The van der Waals surface area contributed by atoms with Crippen molar-refractivity contribution in [3.05, 3.63) is 64.5 Å². The highest BCUT2D eigenvalue weighted by Gasteiger charge is 2.16. The molecule has 0 aliphatic rings. The second-order valence-corrected chi connectivity index (χ2v) is 7.79. The molecule has 9 heteroatoms. The zero-order valence-electron chi connectivity index (χ0n) is 20.6. The van der Waals surface area contributed by atoms with Gasteiger partial charge in [0.05, 0.1) is 39.3 Å². The van der Waals surface area contributed by atoms with Gasteiger partial charge >= 0.3 is 0 Å². The molecule has 1 aromatic heterocycles. The van der Waals surface area contributed by atoms with Gasteiger partial charge in [0.25, 0.3) is 5.91 Å². The Hall–Kier alpha value is -4.01. The number of aromatic nitrogens is 2. The molecule has 2 aromatic carbocycles. The summed E-state index contributed by atoms with van der Waals surface area (Å²) in [7, 11) is 6.56. The first-order chi connectivity index (χ1) is 16.3. The number of amides is 1. The molecule has 0 fully saturated rings. The summed E-state index contributed by atoms with van der Waals surface area (Å²) in [5.74, 6) is 1.57. The average molecular weight is 466 g/mol. The van der Waals surface area contributed by atoms with E-state index in [4.69, 9.17) is 14.2 Å². The maximum Gasteiger partial charge on any atom is 0.258 e. The van der Waals surface area contributed by atoms with Gasteiger partial charge in [-0.25, -0.2) is 4.99 Å². The van der Waals surface area contributed by atoms with Crippen LogP contribution < -0.4 is 24.8 Å². The van der Waals surface area contributed by atoms with Crippen LogP contribution in [0, 0.1) is 20.8 Å². The van der Waals surface area contributed by atoms with Gasteiger partial charge < -0.3 is 19.5 Å². The molecule has 0 atom stereocenters. The SMILES string of the molecule is COc1ccc(C)cc1NC(=NCc1c(C)nn(C)c1C)NC(=O)c1ccc(OC)c(OC)c1. The number of ether oxygens (including phenoxy) is 3. The molecule has 0 bridgehead atoms. The molecule has 0 aliphatic carbocycles. The number of anilines is 1. The van der Waals surface area contributed by atoms with Crippen LogP contribution in [0.4, 0.5) is 5.69 Å². The summed E-state index contributed by atoms with van der Waals surface area (Å²) in [6.07, 6.45) is 0. The topological polar surface area (TPSA) is 99.0 Å². The third-order valence-corrected chi connectivity index (χ3v) is 5.54. The normalized spacial score (nSPS) is 11.2. The Balaban J connectivity index is 1.94. The Morgan fingerprint density at radius 2 is 1.65 bits per heavy atom. The van der Waals surface area contributed by atoms with E-state index >= 15 is 0 Å². The first-order valence-corrected chi connectivity index (χ1v) is 10.8. The Kier molecular flexibility index (Phi) is 7.78. The van der Waals surface area contributed by atoms with Gasteiger partial charge in [0.1, 0.15) is 5.75 Å². The van der Waals surface area contributed by atoms with E-state index in [1.807, 2.05) is 50.7 Å². The van der Waals surface area contributed by atoms with Crippen LogP contribution in [0.5, 0.6) is 17.2 Å². The highest BCUT2D eigenvalue weighted by atomic mass is 16.5. The fourth-order valence-corrected chi connectivity index (χ4v) is 3.52. The van der Waals surface area contributed by atoms with Gasteiger partial charge in [0.15, 0.2) is 11.5 Å². The number of guanidine groups is 1. The molecule has 0 saturated carbocycles. The van der Waals surface area contributed by atoms with Gasteiger partial charge in [-0.05, 0) is 56.7 Å². The molecule has 0 unspecified atom stereocenters. The lowest BCUT2D eigenvalue weighted by Crippen LogP contribution is -2.36. The Labute approximate surface area is 199 Å². The van der Waals surface area contributed by atoms with Crippen LogP contribution in [0.1, 0.15) is 32.9 Å². The number of benzene rings is 2. The number of hydrogen-bond acceptors (Lipinski definition) is 6. The van der Waals surface area contributed by atoms with Crippen LogP contribution in [0.15, 0.2) is 41.4 Å². The van der Waals surface area contributed by atoms with E-state index in [9.17, 15) is 4.79 Å². The number of rotatable bonds is 7. The van der Waals surface area contributed by atoms with Crippen LogP contribution in [0.3, 0.4) is 0 Å². The maximum absolute atomic E-state index is 13.1. The smallest absolute Gasteiger partial charge is 0.258 e. The molecule has 0 spiro atoms. The molecular weight excluding hydrogens is 434 g/mol. The van der Waals surface area contributed by atoms with E-state index in [2.05, 4.69) is 20.7 Å². The van der Waals surface area contributed by atoms with Gasteiger partial charge in [-0.2, -0.15) is 5.10 Å². The average Bonchev–Trinajstić information content (AvgIpc) is 3.07. The maximum atomic E-state index is 13.1. The molecule has 34 heavy (non-hydrogen) atoms. The van der Waals surface area contributed by atoms with E-state index in [0.29, 0.717) is 35.0 Å². The molecular formula is C25H31N5O4. The van der Waals surface area contributed by atoms with Gasteiger partial charge in [-0.15, -0.1) is 0 Å². The quantitative estimate of drug-likeness (QED) is 0.407. The Bertz CT molecular complexity index is 1220. The first-order valence-electron chi connectivity index (χ1n) is 10.8. The summed E-state index contributed by atoms with van der Waals surface area (Å²) in [4.78, 5) is 17.8. The van der Waals surface area contributed by atoms with Crippen molar-refractivity contribution < 1.29 is 19.0 Å². The molecule has 0 saturated heterocycles. The second kappa shape index (κ2) is 10.7. The Morgan fingerprint density at radius 1 is 0.971 bits per heavy atom. The monoisotopic (exact) mass is 465 g/mol. The first kappa shape index (κ1) is 24.6. The fourth-order valence-electron chi connectivity index (χ4n) is 3.52. The van der Waals surface area contributed by atoms with Gasteiger partial charge in [0.2, 0.25) is 5.96 Å². The lowest BCUT2D eigenvalue weighted by molar-refractivity contribution is 0.0976. The lowest BCUT2D eigenvalue weighted by Gasteiger charge is -2.16. The summed E-state index contributed by atoms with van der Waals surface area (Å²) in [5, 5.41) is 10.5. The minimum atomic E-state index is -0.349. The molecule has 1 heterocycles. The molecule has 0 radical (unpaired) electrons. The van der Waals surface area contributed by atoms with E-state index in [1.54, 1.807) is 32.4 Å². The highest BCUT2D eigenvalue weighted by molar-refractivity contribution is 6.10. The number of methoxy groups -OCH3 is 3. The molecule has 9 nitrogen and oxygen atoms in total. The van der Waals surface area contributed by atoms with Crippen molar-refractivity contribution in [3.63, 3.8) is 0 Å². The minimum absolute atomic E-state index is 0.284. The molecule has 0 aliphatic heterocycles. The summed E-state index contributed by atoms with van der Waals surface area (Å²) in [5.41, 5.74) is 5.03. The minimum Gasteiger partial charge on any atom is -0.495 e. The number of nitrogens with one attached hydrogen (secondary N) is 2. The summed E-state index contributed by atoms with van der Waals surface area (Å²) in [6.45, 7) is 6.25. The van der Waals surface area contributed by atoms with E-state index in [-0.39, 0.29) is 11.9 Å². The predicted molar refractivity (Wildman–Crippen MR) is 132 cm³/mol. The van der Waals surface area contributed by atoms with E-state index in [1.165, 1.54) is 7.11 Å². The van der Waals surface area contributed by atoms with Crippen molar-refractivity contribution in [2.75, 3.05) is 26.6 Å². The summed E-state index contributed by atoms with van der Waals surface area (Å²) < 4.78 is 17.9. The van der Waals surface area contributed by atoms with E-state index in [0.717, 1.165) is 22.5 Å². The summed E-state index contributed by atoms with van der Waals surface area (Å²) in [6, 6.07) is 10.7. The van der Waals surface area contributed by atoms with Crippen LogP contribution in [0.25, 0.3) is 0 Å². The number of aliphatic imine (C=N–C) groups is 1. The van der Waals surface area contributed by atoms with Crippen molar-refractivity contribution in [1.82, 2.24) is 15.1 Å². The third-order valence-electron chi connectivity index (χ3n) is 5.54. The zero-order valence-corrected chi connectivity index (χ0v) is 20.6. The van der Waals surface area contributed by atoms with Crippen LogP contribution in [-0.4, -0.2) is 43.0 Å². The predicted octanol–water partition coefficient (Wildman–Crippen LogP) is 3.77. The van der Waals surface area contributed by atoms with Crippen molar-refractivity contribution >= 4 is 17.6 Å². The standard InChI is InChI=1S/C25H31N5O4/c1-15-8-10-21(32-5)20(12-15)27-25(26-14-19-16(2)29-30(4)17(19)3)28-24(31)18-9-11-22(33-6)23(13-18)34-7/h8-13H,14H2,1-7H3,(H2,26,27,28,31). The Morgan fingerprint density at radius 3 is 2.26 bits per heavy atom. The van der Waals surface area contributed by atoms with Crippen LogP contribution >= 0.6 is 0 Å². The number of carbonyl (C=O) groups excluding carboxylic acids is 1. The number of aryl methyl sites for hydroxylation is 3. The van der Waals surface area contributed by atoms with Crippen LogP contribution in [0.2, 0.25) is 0 Å². The van der Waals surface area contributed by atoms with Crippen molar-refractivity contribution in [3.8, 4) is 17.2 Å². The molecule has 180 valence electrons. The van der Waals surface area contributed by atoms with Crippen molar-refractivity contribution in [2.45, 2.75) is 27.3 Å². The largest absolute Gasteiger partial charge is 0.495 e. The van der Waals surface area contributed by atoms with E-state index < -0.39 is 0 Å². The fraction of sp³-hybridized carbons (Fsp3) is 0.320. The highest BCUT2D eigenvalue weighted by Crippen LogP contribution is 2.28. The van der Waals surface area contributed by atoms with Crippen LogP contribution in [-0.2, 0) is 13.6 Å². The van der Waals surface area contributed by atoms with Crippen molar-refractivity contribution in [1.29, 1.82) is 0 Å². The summed E-state index contributed by atoms with van der Waals surface area (Å²) >= 11 is 0. The van der Waals surface area contributed by atoms with Crippen molar-refractivity contribution in [2.24, 2.45) is 12.0 Å². The number of nitrogens with zero attached hydrogens (tertiary/aromatic N) is 3.